The summed E-state index contributed by atoms with van der Waals surface area (Å²) in [6, 6.07) is 6.00. The van der Waals surface area contributed by atoms with Crippen molar-refractivity contribution in [2.45, 2.75) is 27.3 Å². The third-order valence-corrected chi connectivity index (χ3v) is 2.63. The van der Waals surface area contributed by atoms with Crippen LogP contribution in [0.15, 0.2) is 18.2 Å². The third-order valence-electron chi connectivity index (χ3n) is 2.63. The van der Waals surface area contributed by atoms with Crippen LogP contribution in [0.2, 0.25) is 0 Å². The van der Waals surface area contributed by atoms with Crippen LogP contribution in [0, 0.1) is 20.8 Å². The Bertz CT molecular complexity index is 514. The van der Waals surface area contributed by atoms with Crippen LogP contribution in [-0.4, -0.2) is 14.8 Å². The molecule has 0 aromatic carbocycles. The van der Waals surface area contributed by atoms with Gasteiger partial charge in [0.25, 0.3) is 0 Å². The van der Waals surface area contributed by atoms with E-state index < -0.39 is 0 Å². The van der Waals surface area contributed by atoms with E-state index in [-0.39, 0.29) is 0 Å². The monoisotopic (exact) mass is 216 g/mol. The Labute approximate surface area is 95.1 Å². The predicted molar refractivity (Wildman–Crippen MR) is 63.5 cm³/mol. The number of rotatable bonds is 2. The Morgan fingerprint density at radius 3 is 2.50 bits per heavy atom. The van der Waals surface area contributed by atoms with Gasteiger partial charge in [0.1, 0.15) is 0 Å². The number of aryl methyl sites for hydroxylation is 3. The van der Waals surface area contributed by atoms with E-state index >= 15 is 0 Å². The van der Waals surface area contributed by atoms with Gasteiger partial charge < -0.3 is 5.73 Å². The Kier molecular flexibility index (Phi) is 2.75. The van der Waals surface area contributed by atoms with Gasteiger partial charge in [0.05, 0.1) is 5.69 Å². The molecule has 0 aliphatic heterocycles. The maximum atomic E-state index is 5.61. The molecule has 4 nitrogen and oxygen atoms in total. The van der Waals surface area contributed by atoms with Gasteiger partial charge >= 0.3 is 0 Å². The van der Waals surface area contributed by atoms with Crippen molar-refractivity contribution in [3.05, 3.63) is 40.8 Å². The zero-order valence-corrected chi connectivity index (χ0v) is 9.86. The van der Waals surface area contributed by atoms with E-state index in [9.17, 15) is 0 Å². The van der Waals surface area contributed by atoms with Crippen molar-refractivity contribution in [2.75, 3.05) is 0 Å². The minimum absolute atomic E-state index is 0.524. The first-order valence-electron chi connectivity index (χ1n) is 5.32. The normalized spacial score (nSPS) is 10.8. The minimum atomic E-state index is 0.524. The molecule has 0 atom stereocenters. The van der Waals surface area contributed by atoms with Gasteiger partial charge in [-0.3, -0.25) is 0 Å². The van der Waals surface area contributed by atoms with E-state index in [1.165, 1.54) is 0 Å². The third kappa shape index (κ3) is 1.84. The Hall–Kier alpha value is -1.68. The lowest BCUT2D eigenvalue weighted by atomic mass is 10.2. The quantitative estimate of drug-likeness (QED) is 0.830. The van der Waals surface area contributed by atoms with Crippen molar-refractivity contribution in [2.24, 2.45) is 5.73 Å². The van der Waals surface area contributed by atoms with Gasteiger partial charge in [-0.25, -0.2) is 9.67 Å². The van der Waals surface area contributed by atoms with Crippen LogP contribution in [0.1, 0.15) is 22.6 Å². The molecule has 2 aromatic heterocycles. The molecule has 2 N–H and O–H groups in total. The van der Waals surface area contributed by atoms with Gasteiger partial charge in [-0.05, 0) is 38.5 Å². The lowest BCUT2D eigenvalue weighted by Gasteiger charge is -2.07. The molecular formula is C12H16N4. The molecule has 84 valence electrons. The minimum Gasteiger partial charge on any atom is -0.326 e. The van der Waals surface area contributed by atoms with Crippen LogP contribution in [0.3, 0.4) is 0 Å². The molecule has 2 heterocycles. The van der Waals surface area contributed by atoms with Crippen LogP contribution in [0.4, 0.5) is 0 Å². The van der Waals surface area contributed by atoms with Gasteiger partial charge in [-0.15, -0.1) is 0 Å². The molecule has 4 heteroatoms. The Balaban J connectivity index is 2.49. The molecule has 0 spiro atoms. The largest absolute Gasteiger partial charge is 0.326 e. The zero-order valence-electron chi connectivity index (χ0n) is 9.86. The Morgan fingerprint density at radius 1 is 1.25 bits per heavy atom. The molecule has 2 rings (SSSR count). The van der Waals surface area contributed by atoms with Crippen molar-refractivity contribution < 1.29 is 0 Å². The van der Waals surface area contributed by atoms with Crippen LogP contribution < -0.4 is 5.73 Å². The average Bonchev–Trinajstić information content (AvgIpc) is 2.58. The van der Waals surface area contributed by atoms with Crippen molar-refractivity contribution >= 4 is 0 Å². The first kappa shape index (κ1) is 10.8. The summed E-state index contributed by atoms with van der Waals surface area (Å²) in [5, 5.41) is 4.40. The average molecular weight is 216 g/mol. The Morgan fingerprint density at radius 2 is 2.00 bits per heavy atom. The summed E-state index contributed by atoms with van der Waals surface area (Å²) in [6.07, 6.45) is 0. The fourth-order valence-electron chi connectivity index (χ4n) is 1.77. The standard InChI is InChI=1S/C12H16N4/c1-8-6-9(2)16(15-8)12-5-4-11(7-13)10(3)14-12/h4-6H,7,13H2,1-3H3. The highest BCUT2D eigenvalue weighted by molar-refractivity contribution is 5.31. The van der Waals surface area contributed by atoms with Crippen molar-refractivity contribution in [1.82, 2.24) is 14.8 Å². The van der Waals surface area contributed by atoms with Crippen LogP contribution >= 0.6 is 0 Å². The maximum Gasteiger partial charge on any atom is 0.153 e. The molecular weight excluding hydrogens is 200 g/mol. The molecule has 16 heavy (non-hydrogen) atoms. The summed E-state index contributed by atoms with van der Waals surface area (Å²) < 4.78 is 1.85. The first-order chi connectivity index (χ1) is 7.61. The fourth-order valence-corrected chi connectivity index (χ4v) is 1.77. The summed E-state index contributed by atoms with van der Waals surface area (Å²) >= 11 is 0. The summed E-state index contributed by atoms with van der Waals surface area (Å²) in [7, 11) is 0. The second kappa shape index (κ2) is 4.06. The van der Waals surface area contributed by atoms with Gasteiger partial charge in [0, 0.05) is 17.9 Å². The zero-order chi connectivity index (χ0) is 11.7. The highest BCUT2D eigenvalue weighted by Gasteiger charge is 2.06. The topological polar surface area (TPSA) is 56.7 Å². The van der Waals surface area contributed by atoms with Crippen molar-refractivity contribution in [1.29, 1.82) is 0 Å². The molecule has 0 bridgehead atoms. The van der Waals surface area contributed by atoms with E-state index in [4.69, 9.17) is 5.73 Å². The van der Waals surface area contributed by atoms with E-state index in [0.717, 1.165) is 28.5 Å². The number of hydrogen-bond donors (Lipinski definition) is 1. The van der Waals surface area contributed by atoms with Crippen molar-refractivity contribution in [3.63, 3.8) is 0 Å². The second-order valence-corrected chi connectivity index (χ2v) is 3.96. The van der Waals surface area contributed by atoms with E-state index in [1.54, 1.807) is 0 Å². The SMILES string of the molecule is Cc1cc(C)n(-c2ccc(CN)c(C)n2)n1. The summed E-state index contributed by atoms with van der Waals surface area (Å²) in [5.74, 6) is 0.848. The number of aromatic nitrogens is 3. The molecule has 0 saturated carbocycles. The van der Waals surface area contributed by atoms with E-state index in [2.05, 4.69) is 10.1 Å². The summed E-state index contributed by atoms with van der Waals surface area (Å²) in [5.41, 5.74) is 9.74. The molecule has 2 aromatic rings. The summed E-state index contributed by atoms with van der Waals surface area (Å²) in [6.45, 7) is 6.49. The molecule has 0 aliphatic carbocycles. The maximum absolute atomic E-state index is 5.61. The van der Waals surface area contributed by atoms with Gasteiger partial charge in [0.15, 0.2) is 5.82 Å². The molecule has 0 radical (unpaired) electrons. The molecule has 0 fully saturated rings. The van der Waals surface area contributed by atoms with Crippen LogP contribution in [-0.2, 0) is 6.54 Å². The smallest absolute Gasteiger partial charge is 0.153 e. The lowest BCUT2D eigenvalue weighted by molar-refractivity contribution is 0.797. The molecule has 0 saturated heterocycles. The number of hydrogen-bond acceptors (Lipinski definition) is 3. The van der Waals surface area contributed by atoms with Gasteiger partial charge in [0.2, 0.25) is 0 Å². The molecule has 0 unspecified atom stereocenters. The second-order valence-electron chi connectivity index (χ2n) is 3.96. The van der Waals surface area contributed by atoms with Crippen molar-refractivity contribution in [3.8, 4) is 5.82 Å². The van der Waals surface area contributed by atoms with E-state index in [0.29, 0.717) is 6.54 Å². The number of nitrogens with zero attached hydrogens (tertiary/aromatic N) is 3. The molecule has 0 amide bonds. The van der Waals surface area contributed by atoms with Gasteiger partial charge in [-0.1, -0.05) is 6.07 Å². The van der Waals surface area contributed by atoms with Crippen LogP contribution in [0.25, 0.3) is 5.82 Å². The lowest BCUT2D eigenvalue weighted by Crippen LogP contribution is -2.06. The highest BCUT2D eigenvalue weighted by Crippen LogP contribution is 2.12. The first-order valence-corrected chi connectivity index (χ1v) is 5.32. The number of pyridine rings is 1. The molecule has 0 aliphatic rings. The van der Waals surface area contributed by atoms with Crippen LogP contribution in [0.5, 0.6) is 0 Å². The van der Waals surface area contributed by atoms with E-state index in [1.807, 2.05) is 43.7 Å². The predicted octanol–water partition coefficient (Wildman–Crippen LogP) is 1.65. The fraction of sp³-hybridized carbons (Fsp3) is 0.333. The summed E-state index contributed by atoms with van der Waals surface area (Å²) in [4.78, 5) is 4.51. The van der Waals surface area contributed by atoms with Gasteiger partial charge in [-0.2, -0.15) is 5.10 Å². The number of nitrogens with two attached hydrogens (primary N) is 1. The highest BCUT2D eigenvalue weighted by atomic mass is 15.3.